The van der Waals surface area contributed by atoms with Crippen molar-refractivity contribution in [1.82, 2.24) is 0 Å². The van der Waals surface area contributed by atoms with Crippen LogP contribution in [0.3, 0.4) is 0 Å². The van der Waals surface area contributed by atoms with Crippen molar-refractivity contribution in [3.8, 4) is 5.75 Å². The van der Waals surface area contributed by atoms with Gasteiger partial charge in [0, 0.05) is 10.6 Å². The Labute approximate surface area is 119 Å². The van der Waals surface area contributed by atoms with Crippen LogP contribution in [0.5, 0.6) is 5.75 Å². The van der Waals surface area contributed by atoms with Gasteiger partial charge in [0.2, 0.25) is 0 Å². The number of aliphatic hydroxyl groups excluding tert-OH is 1. The molecule has 104 valence electrons. The lowest BCUT2D eigenvalue weighted by Crippen LogP contribution is -2.31. The third-order valence-electron chi connectivity index (χ3n) is 3.25. The monoisotopic (exact) mass is 293 g/mol. The summed E-state index contributed by atoms with van der Waals surface area (Å²) in [6.45, 7) is 5.68. The van der Waals surface area contributed by atoms with E-state index >= 15 is 0 Å². The number of phenols is 1. The quantitative estimate of drug-likeness (QED) is 0.799. The molecular formula is C13H21Cl2NO2. The SMILES string of the molecule is CCC(C)[C@@H](O)[C@@H](N)c1cc(Cl)cc(C)c1O.Cl. The predicted octanol–water partition coefficient (Wildman–Crippen LogP) is 3.18. The molecule has 0 fully saturated rings. The van der Waals surface area contributed by atoms with Crippen molar-refractivity contribution >= 4 is 24.0 Å². The lowest BCUT2D eigenvalue weighted by molar-refractivity contribution is 0.0871. The fourth-order valence-corrected chi connectivity index (χ4v) is 2.08. The molecule has 5 heteroatoms. The number of aliphatic hydroxyl groups is 1. The molecule has 1 aromatic rings. The van der Waals surface area contributed by atoms with Crippen molar-refractivity contribution in [2.24, 2.45) is 11.7 Å². The Kier molecular flexibility index (Phi) is 7.00. The fraction of sp³-hybridized carbons (Fsp3) is 0.538. The molecule has 4 N–H and O–H groups in total. The van der Waals surface area contributed by atoms with Crippen molar-refractivity contribution in [3.63, 3.8) is 0 Å². The fourth-order valence-electron chi connectivity index (χ4n) is 1.79. The molecule has 0 heterocycles. The minimum Gasteiger partial charge on any atom is -0.507 e. The van der Waals surface area contributed by atoms with Gasteiger partial charge in [-0.05, 0) is 30.5 Å². The normalized spacial score (nSPS) is 15.7. The van der Waals surface area contributed by atoms with Crippen LogP contribution in [-0.4, -0.2) is 16.3 Å². The average molecular weight is 294 g/mol. The molecule has 0 aromatic heterocycles. The van der Waals surface area contributed by atoms with E-state index in [9.17, 15) is 10.2 Å². The third-order valence-corrected chi connectivity index (χ3v) is 3.47. The van der Waals surface area contributed by atoms with Crippen molar-refractivity contribution in [2.75, 3.05) is 0 Å². The first-order chi connectivity index (χ1) is 7.88. The Bertz CT molecular complexity index is 399. The van der Waals surface area contributed by atoms with Crippen LogP contribution in [0.2, 0.25) is 5.02 Å². The number of nitrogens with two attached hydrogens (primary N) is 1. The van der Waals surface area contributed by atoms with E-state index in [-0.39, 0.29) is 24.1 Å². The van der Waals surface area contributed by atoms with Gasteiger partial charge in [-0.2, -0.15) is 0 Å². The summed E-state index contributed by atoms with van der Waals surface area (Å²) in [6.07, 6.45) is 0.138. The second-order valence-electron chi connectivity index (χ2n) is 4.56. The molecular weight excluding hydrogens is 273 g/mol. The average Bonchev–Trinajstić information content (AvgIpc) is 2.30. The van der Waals surface area contributed by atoms with E-state index in [1.807, 2.05) is 13.8 Å². The van der Waals surface area contributed by atoms with Gasteiger partial charge >= 0.3 is 0 Å². The highest BCUT2D eigenvalue weighted by Crippen LogP contribution is 2.33. The van der Waals surface area contributed by atoms with Crippen molar-refractivity contribution in [1.29, 1.82) is 0 Å². The molecule has 0 aliphatic carbocycles. The number of aromatic hydroxyl groups is 1. The maximum absolute atomic E-state index is 10.1. The van der Waals surface area contributed by atoms with Gasteiger partial charge in [0.1, 0.15) is 5.75 Å². The molecule has 3 nitrogen and oxygen atoms in total. The summed E-state index contributed by atoms with van der Waals surface area (Å²) in [5, 5.41) is 20.5. The number of hydrogen-bond donors (Lipinski definition) is 3. The molecule has 0 aliphatic rings. The number of phenolic OH excluding ortho intramolecular Hbond substituents is 1. The van der Waals surface area contributed by atoms with Gasteiger partial charge in [-0.25, -0.2) is 0 Å². The van der Waals surface area contributed by atoms with Crippen molar-refractivity contribution in [3.05, 3.63) is 28.3 Å². The topological polar surface area (TPSA) is 66.5 Å². The van der Waals surface area contributed by atoms with Crippen LogP contribution < -0.4 is 5.73 Å². The van der Waals surface area contributed by atoms with Crippen molar-refractivity contribution < 1.29 is 10.2 Å². The molecule has 0 saturated carbocycles. The Morgan fingerprint density at radius 1 is 1.39 bits per heavy atom. The number of hydrogen-bond acceptors (Lipinski definition) is 3. The Balaban J connectivity index is 0.00000289. The molecule has 0 aliphatic heterocycles. The summed E-state index contributed by atoms with van der Waals surface area (Å²) in [4.78, 5) is 0. The highest BCUT2D eigenvalue weighted by molar-refractivity contribution is 6.30. The van der Waals surface area contributed by atoms with Crippen molar-refractivity contribution in [2.45, 2.75) is 39.3 Å². The van der Waals surface area contributed by atoms with Gasteiger partial charge in [0.05, 0.1) is 12.1 Å². The van der Waals surface area contributed by atoms with Gasteiger partial charge in [-0.1, -0.05) is 31.9 Å². The molecule has 1 aromatic carbocycles. The second kappa shape index (κ2) is 7.19. The molecule has 1 unspecified atom stereocenters. The largest absolute Gasteiger partial charge is 0.507 e. The standard InChI is InChI=1S/C13H20ClNO2.ClH/c1-4-7(2)13(17)11(15)10-6-9(14)5-8(3)12(10)16;/h5-7,11,13,16-17H,4,15H2,1-3H3;1H/t7?,11-,13+;/m0./s1. The number of benzene rings is 1. The molecule has 1 rings (SSSR count). The summed E-state index contributed by atoms with van der Waals surface area (Å²) in [7, 11) is 0. The van der Waals surface area contributed by atoms with Crippen LogP contribution >= 0.6 is 24.0 Å². The van der Waals surface area contributed by atoms with E-state index < -0.39 is 12.1 Å². The van der Waals surface area contributed by atoms with Crippen LogP contribution in [0.1, 0.15) is 37.4 Å². The Hall–Kier alpha value is -0.480. The first-order valence-electron chi connectivity index (χ1n) is 5.81. The van der Waals surface area contributed by atoms with Gasteiger partial charge < -0.3 is 15.9 Å². The highest BCUT2D eigenvalue weighted by Gasteiger charge is 2.25. The molecule has 0 saturated heterocycles. The van der Waals surface area contributed by atoms with Crippen LogP contribution in [0.15, 0.2) is 12.1 Å². The zero-order valence-corrected chi connectivity index (χ0v) is 12.4. The maximum atomic E-state index is 10.1. The van der Waals surface area contributed by atoms with Gasteiger partial charge in [-0.15, -0.1) is 12.4 Å². The molecule has 0 spiro atoms. The zero-order chi connectivity index (χ0) is 13.2. The summed E-state index contributed by atoms with van der Waals surface area (Å²) in [5.74, 6) is 0.188. The summed E-state index contributed by atoms with van der Waals surface area (Å²) in [6, 6.07) is 2.66. The van der Waals surface area contributed by atoms with E-state index in [1.165, 1.54) is 0 Å². The summed E-state index contributed by atoms with van der Waals surface area (Å²) in [5.41, 5.74) is 7.15. The molecule has 0 bridgehead atoms. The molecule has 18 heavy (non-hydrogen) atoms. The predicted molar refractivity (Wildman–Crippen MR) is 77.5 cm³/mol. The second-order valence-corrected chi connectivity index (χ2v) is 5.00. The lowest BCUT2D eigenvalue weighted by atomic mass is 9.90. The first-order valence-corrected chi connectivity index (χ1v) is 6.18. The number of halogens is 2. The maximum Gasteiger partial charge on any atom is 0.123 e. The highest BCUT2D eigenvalue weighted by atomic mass is 35.5. The van der Waals surface area contributed by atoms with E-state index in [0.29, 0.717) is 16.1 Å². The van der Waals surface area contributed by atoms with E-state index in [2.05, 4.69) is 0 Å². The first kappa shape index (κ1) is 17.5. The minimum atomic E-state index is -0.691. The van der Waals surface area contributed by atoms with Gasteiger partial charge in [0.25, 0.3) is 0 Å². The molecule has 0 amide bonds. The third kappa shape index (κ3) is 3.75. The summed E-state index contributed by atoms with van der Waals surface area (Å²) >= 11 is 5.94. The minimum absolute atomic E-state index is 0. The summed E-state index contributed by atoms with van der Waals surface area (Å²) < 4.78 is 0. The number of aryl methyl sites for hydroxylation is 1. The smallest absolute Gasteiger partial charge is 0.123 e. The van der Waals surface area contributed by atoms with Crippen LogP contribution in [0.25, 0.3) is 0 Å². The van der Waals surface area contributed by atoms with E-state index in [1.54, 1.807) is 19.1 Å². The van der Waals surface area contributed by atoms with Gasteiger partial charge in [0.15, 0.2) is 0 Å². The van der Waals surface area contributed by atoms with Gasteiger partial charge in [-0.3, -0.25) is 0 Å². The number of rotatable bonds is 4. The van der Waals surface area contributed by atoms with Crippen LogP contribution in [0.4, 0.5) is 0 Å². The Morgan fingerprint density at radius 3 is 2.44 bits per heavy atom. The zero-order valence-electron chi connectivity index (χ0n) is 10.9. The van der Waals surface area contributed by atoms with E-state index in [0.717, 1.165) is 6.42 Å². The van der Waals surface area contributed by atoms with E-state index in [4.69, 9.17) is 17.3 Å². The molecule has 3 atom stereocenters. The van der Waals surface area contributed by atoms with Crippen LogP contribution in [0, 0.1) is 12.8 Å². The Morgan fingerprint density at radius 2 is 1.94 bits per heavy atom. The van der Waals surface area contributed by atoms with Crippen LogP contribution in [-0.2, 0) is 0 Å². The molecule has 0 radical (unpaired) electrons. The lowest BCUT2D eigenvalue weighted by Gasteiger charge is -2.25.